The fourth-order valence-corrected chi connectivity index (χ4v) is 4.21. The van der Waals surface area contributed by atoms with Crippen molar-refractivity contribution in [2.24, 2.45) is 0 Å². The second-order valence-corrected chi connectivity index (χ2v) is 7.88. The molecule has 0 unspecified atom stereocenters. The molecular formula is C15H19N3O3S. The van der Waals surface area contributed by atoms with Crippen LogP contribution in [0.2, 0.25) is 0 Å². The first-order chi connectivity index (χ1) is 10.4. The largest absolute Gasteiger partial charge is 0.351 e. The Morgan fingerprint density at radius 3 is 2.91 bits per heavy atom. The molecule has 0 aromatic heterocycles. The number of likely N-dealkylation sites (N-methyl/N-ethyl adjacent to an activating group) is 1. The van der Waals surface area contributed by atoms with Gasteiger partial charge in [0.05, 0.1) is 29.7 Å². The van der Waals surface area contributed by atoms with Crippen LogP contribution in [0.1, 0.15) is 17.5 Å². The molecule has 1 aromatic carbocycles. The fraction of sp³-hybridized carbons (Fsp3) is 0.467. The van der Waals surface area contributed by atoms with E-state index in [1.807, 2.05) is 24.1 Å². The van der Waals surface area contributed by atoms with E-state index in [2.05, 4.69) is 11.4 Å². The van der Waals surface area contributed by atoms with Crippen LogP contribution in [-0.2, 0) is 21.2 Å². The fourth-order valence-electron chi connectivity index (χ4n) is 2.53. The summed E-state index contributed by atoms with van der Waals surface area (Å²) in [6.07, 6.45) is 0.488. The van der Waals surface area contributed by atoms with Crippen molar-refractivity contribution in [3.05, 3.63) is 35.4 Å². The summed E-state index contributed by atoms with van der Waals surface area (Å²) in [5.41, 5.74) is 1.55. The average Bonchev–Trinajstić information content (AvgIpc) is 2.77. The minimum atomic E-state index is -2.98. The molecule has 1 heterocycles. The zero-order valence-electron chi connectivity index (χ0n) is 12.4. The lowest BCUT2D eigenvalue weighted by Crippen LogP contribution is -2.41. The third kappa shape index (κ3) is 4.83. The number of sulfone groups is 1. The van der Waals surface area contributed by atoms with Crippen molar-refractivity contribution in [1.82, 2.24) is 10.2 Å². The highest BCUT2D eigenvalue weighted by Gasteiger charge is 2.28. The first kappa shape index (κ1) is 16.5. The Morgan fingerprint density at radius 1 is 1.50 bits per heavy atom. The van der Waals surface area contributed by atoms with Crippen LogP contribution in [0.3, 0.4) is 0 Å². The predicted molar refractivity (Wildman–Crippen MR) is 82.7 cm³/mol. The molecule has 1 fully saturated rings. The normalized spacial score (nSPS) is 19.8. The van der Waals surface area contributed by atoms with E-state index in [4.69, 9.17) is 5.26 Å². The SMILES string of the molecule is CN(CC(=O)N[C@H]1CCS(=O)(=O)C1)Cc1cccc(C#N)c1. The van der Waals surface area contributed by atoms with E-state index in [0.717, 1.165) is 5.56 Å². The average molecular weight is 321 g/mol. The van der Waals surface area contributed by atoms with Gasteiger partial charge in [0.25, 0.3) is 0 Å². The quantitative estimate of drug-likeness (QED) is 0.842. The molecule has 0 saturated carbocycles. The number of hydrogen-bond donors (Lipinski definition) is 1. The zero-order chi connectivity index (χ0) is 16.2. The van der Waals surface area contributed by atoms with Gasteiger partial charge in [0.2, 0.25) is 5.91 Å². The molecule has 7 heteroatoms. The molecule has 1 aliphatic heterocycles. The topological polar surface area (TPSA) is 90.3 Å². The molecule has 1 aliphatic rings. The molecular weight excluding hydrogens is 302 g/mol. The standard InChI is InChI=1S/C15H19N3O3S/c1-18(9-13-4-2-3-12(7-13)8-16)10-15(19)17-14-5-6-22(20,21)11-14/h2-4,7,14H,5-6,9-11H2,1H3,(H,17,19)/t14-/m0/s1. The van der Waals surface area contributed by atoms with Crippen LogP contribution in [0.5, 0.6) is 0 Å². The Kier molecular flexibility index (Phi) is 5.16. The van der Waals surface area contributed by atoms with Crippen LogP contribution in [0.15, 0.2) is 24.3 Å². The van der Waals surface area contributed by atoms with Gasteiger partial charge in [-0.1, -0.05) is 12.1 Å². The van der Waals surface area contributed by atoms with Gasteiger partial charge in [0, 0.05) is 12.6 Å². The maximum absolute atomic E-state index is 11.9. The number of nitriles is 1. The Balaban J connectivity index is 1.82. The minimum absolute atomic E-state index is 0.0344. The van der Waals surface area contributed by atoms with Crippen LogP contribution >= 0.6 is 0 Å². The Bertz CT molecular complexity index is 694. The molecule has 2 rings (SSSR count). The lowest BCUT2D eigenvalue weighted by molar-refractivity contribution is -0.122. The van der Waals surface area contributed by atoms with Gasteiger partial charge in [0.1, 0.15) is 0 Å². The predicted octanol–water partition coefficient (Wildman–Crippen LogP) is 0.293. The van der Waals surface area contributed by atoms with Gasteiger partial charge in [-0.05, 0) is 31.2 Å². The summed E-state index contributed by atoms with van der Waals surface area (Å²) in [5.74, 6) is 0.00236. The van der Waals surface area contributed by atoms with Crippen molar-refractivity contribution in [2.45, 2.75) is 19.0 Å². The maximum Gasteiger partial charge on any atom is 0.234 e. The van der Waals surface area contributed by atoms with Crippen LogP contribution in [0.4, 0.5) is 0 Å². The van der Waals surface area contributed by atoms with Crippen molar-refractivity contribution < 1.29 is 13.2 Å². The Labute approximate surface area is 130 Å². The smallest absolute Gasteiger partial charge is 0.234 e. The maximum atomic E-state index is 11.9. The lowest BCUT2D eigenvalue weighted by atomic mass is 10.1. The number of carbonyl (C=O) groups is 1. The van der Waals surface area contributed by atoms with Crippen LogP contribution in [0, 0.1) is 11.3 Å². The highest BCUT2D eigenvalue weighted by molar-refractivity contribution is 7.91. The van der Waals surface area contributed by atoms with Crippen LogP contribution in [0.25, 0.3) is 0 Å². The summed E-state index contributed by atoms with van der Waals surface area (Å²) >= 11 is 0. The molecule has 1 atom stereocenters. The molecule has 0 spiro atoms. The summed E-state index contributed by atoms with van der Waals surface area (Å²) in [6, 6.07) is 9.05. The monoisotopic (exact) mass is 321 g/mol. The van der Waals surface area contributed by atoms with E-state index in [1.54, 1.807) is 12.1 Å². The zero-order valence-corrected chi connectivity index (χ0v) is 13.3. The van der Waals surface area contributed by atoms with Gasteiger partial charge in [-0.3, -0.25) is 9.69 Å². The van der Waals surface area contributed by atoms with E-state index in [-0.39, 0.29) is 30.0 Å². The first-order valence-electron chi connectivity index (χ1n) is 7.05. The van der Waals surface area contributed by atoms with Crippen molar-refractivity contribution in [2.75, 3.05) is 25.1 Å². The van der Waals surface area contributed by atoms with Crippen molar-refractivity contribution in [3.8, 4) is 6.07 Å². The molecule has 1 amide bonds. The number of amides is 1. The Morgan fingerprint density at radius 2 is 2.27 bits per heavy atom. The molecule has 0 aliphatic carbocycles. The van der Waals surface area contributed by atoms with Gasteiger partial charge < -0.3 is 5.32 Å². The number of nitrogens with zero attached hydrogens (tertiary/aromatic N) is 2. The molecule has 1 saturated heterocycles. The van der Waals surface area contributed by atoms with Crippen molar-refractivity contribution in [1.29, 1.82) is 5.26 Å². The molecule has 6 nitrogen and oxygen atoms in total. The molecule has 1 N–H and O–H groups in total. The number of rotatable bonds is 5. The van der Waals surface area contributed by atoms with Crippen LogP contribution < -0.4 is 5.32 Å². The number of carbonyl (C=O) groups excluding carboxylic acids is 1. The summed E-state index contributed by atoms with van der Waals surface area (Å²) in [6.45, 7) is 0.735. The summed E-state index contributed by atoms with van der Waals surface area (Å²) in [5, 5.41) is 11.6. The Hall–Kier alpha value is -1.91. The lowest BCUT2D eigenvalue weighted by Gasteiger charge is -2.18. The highest BCUT2D eigenvalue weighted by atomic mass is 32.2. The molecule has 22 heavy (non-hydrogen) atoms. The van der Waals surface area contributed by atoms with E-state index in [1.165, 1.54) is 0 Å². The van der Waals surface area contributed by atoms with Gasteiger partial charge in [0.15, 0.2) is 9.84 Å². The van der Waals surface area contributed by atoms with Gasteiger partial charge >= 0.3 is 0 Å². The molecule has 0 bridgehead atoms. The molecule has 0 radical (unpaired) electrons. The highest BCUT2D eigenvalue weighted by Crippen LogP contribution is 2.11. The third-order valence-electron chi connectivity index (χ3n) is 3.52. The van der Waals surface area contributed by atoms with Gasteiger partial charge in [-0.25, -0.2) is 8.42 Å². The summed E-state index contributed by atoms with van der Waals surface area (Å²) < 4.78 is 22.7. The molecule has 1 aromatic rings. The second kappa shape index (κ2) is 6.90. The number of hydrogen-bond acceptors (Lipinski definition) is 5. The first-order valence-corrected chi connectivity index (χ1v) is 8.87. The summed E-state index contributed by atoms with van der Waals surface area (Å²) in [4.78, 5) is 13.8. The van der Waals surface area contributed by atoms with E-state index in [9.17, 15) is 13.2 Å². The van der Waals surface area contributed by atoms with Crippen molar-refractivity contribution in [3.63, 3.8) is 0 Å². The van der Waals surface area contributed by atoms with E-state index < -0.39 is 9.84 Å². The minimum Gasteiger partial charge on any atom is -0.351 e. The van der Waals surface area contributed by atoms with Gasteiger partial charge in [-0.15, -0.1) is 0 Å². The van der Waals surface area contributed by atoms with E-state index in [0.29, 0.717) is 18.5 Å². The number of nitrogens with one attached hydrogen (secondary N) is 1. The van der Waals surface area contributed by atoms with E-state index >= 15 is 0 Å². The van der Waals surface area contributed by atoms with Crippen molar-refractivity contribution >= 4 is 15.7 Å². The summed E-state index contributed by atoms with van der Waals surface area (Å²) in [7, 11) is -1.18. The van der Waals surface area contributed by atoms with Gasteiger partial charge in [-0.2, -0.15) is 5.26 Å². The van der Waals surface area contributed by atoms with Crippen LogP contribution in [-0.4, -0.2) is 50.4 Å². The molecule has 118 valence electrons. The second-order valence-electron chi connectivity index (χ2n) is 5.65. The number of benzene rings is 1. The third-order valence-corrected chi connectivity index (χ3v) is 5.29.